The van der Waals surface area contributed by atoms with Crippen LogP contribution in [-0.2, 0) is 9.47 Å². The van der Waals surface area contributed by atoms with Crippen LogP contribution in [0.3, 0.4) is 0 Å². The number of hydrogen-bond donors (Lipinski definition) is 0. The van der Waals surface area contributed by atoms with E-state index >= 15 is 0 Å². The molecule has 1 fully saturated rings. The maximum atomic E-state index is 10.1. The third-order valence-corrected chi connectivity index (χ3v) is 0.346. The molecule has 3 heteroatoms. The summed E-state index contributed by atoms with van der Waals surface area (Å²) >= 11 is 0. The molecule has 1 aliphatic heterocycles. The number of ether oxygens (including phenoxy) is 2. The Morgan fingerprint density at radius 3 is 2.83 bits per heavy atom. The van der Waals surface area contributed by atoms with Crippen LogP contribution in [0.2, 0.25) is 0 Å². The number of hydrogen-bond acceptors (Lipinski definition) is 3. The zero-order valence-corrected chi connectivity index (χ0v) is 2.80. The zero-order chi connectivity index (χ0) is 7.07. The molecule has 1 aliphatic rings. The molecule has 3 nitrogen and oxygen atoms in total. The lowest BCUT2D eigenvalue weighted by atomic mass is 10.8. The third kappa shape index (κ3) is 0.429. The van der Waals surface area contributed by atoms with Gasteiger partial charge in [0.05, 0.1) is 4.11 Å². The summed E-state index contributed by atoms with van der Waals surface area (Å²) in [6.45, 7) is -3.83. The number of carbonyl (C=O) groups is 1. The average Bonchev–Trinajstić information content (AvgIpc) is 1.79. The van der Waals surface area contributed by atoms with E-state index in [0.717, 1.165) is 0 Å². The van der Waals surface area contributed by atoms with Crippen LogP contribution < -0.4 is 0 Å². The molecule has 0 aliphatic carbocycles. The van der Waals surface area contributed by atoms with E-state index in [-0.39, 0.29) is 0 Å². The predicted molar refractivity (Wildman–Crippen MR) is 17.3 cm³/mol. The molecule has 0 N–H and O–H groups in total. The van der Waals surface area contributed by atoms with E-state index in [1.807, 2.05) is 0 Å². The van der Waals surface area contributed by atoms with Crippen molar-refractivity contribution >= 4 is 6.16 Å². The molecular formula is C3H4O3. The lowest BCUT2D eigenvalue weighted by molar-refractivity contribution is 0.131. The molecule has 0 amide bonds. The van der Waals surface area contributed by atoms with E-state index in [0.29, 0.717) is 0 Å². The molecule has 0 bridgehead atoms. The molecule has 1 unspecified atom stereocenters. The molecule has 1 rings (SSSR count). The summed E-state index contributed by atoms with van der Waals surface area (Å²) in [5.41, 5.74) is 0. The minimum atomic E-state index is -2.28. The summed E-state index contributed by atoms with van der Waals surface area (Å²) in [6.07, 6.45) is -1.13. The van der Waals surface area contributed by atoms with Crippen molar-refractivity contribution in [2.45, 2.75) is 0 Å². The zero-order valence-electron chi connectivity index (χ0n) is 5.80. The Kier molecular flexibility index (Phi) is 0.272. The van der Waals surface area contributed by atoms with Crippen LogP contribution in [0.1, 0.15) is 4.11 Å². The Labute approximate surface area is 39.1 Å². The van der Waals surface area contributed by atoms with Crippen LogP contribution in [-0.4, -0.2) is 19.3 Å². The molecule has 0 aromatic heterocycles. The highest BCUT2D eigenvalue weighted by Crippen LogP contribution is 1.92. The highest BCUT2D eigenvalue weighted by Gasteiger charge is 2.09. The molecule has 1 saturated heterocycles. The highest BCUT2D eigenvalue weighted by atomic mass is 16.8. The van der Waals surface area contributed by atoms with Gasteiger partial charge in [-0.2, -0.15) is 0 Å². The second-order valence-electron chi connectivity index (χ2n) is 0.706. The van der Waals surface area contributed by atoms with Gasteiger partial charge in [0, 0.05) is 0 Å². The molecular weight excluding hydrogens is 84.0 g/mol. The van der Waals surface area contributed by atoms with E-state index in [4.69, 9.17) is 4.11 Å². The fraction of sp³-hybridized carbons (Fsp3) is 0.667. The molecule has 1 atom stereocenters. The topological polar surface area (TPSA) is 35.5 Å². The Balaban J connectivity index is 2.69. The third-order valence-electron chi connectivity index (χ3n) is 0.346. The van der Waals surface area contributed by atoms with Crippen LogP contribution in [0.15, 0.2) is 0 Å². The standard InChI is InChI=1S/C3H4O3/c4-3-5-1-2-6-3/h1-2H2/i1D,2D2. The lowest BCUT2D eigenvalue weighted by Crippen LogP contribution is -1.88. The fourth-order valence-corrected chi connectivity index (χ4v) is 0.168. The van der Waals surface area contributed by atoms with E-state index in [2.05, 4.69) is 9.47 Å². The van der Waals surface area contributed by atoms with Crippen LogP contribution in [0.4, 0.5) is 4.79 Å². The van der Waals surface area contributed by atoms with Crippen LogP contribution in [0.25, 0.3) is 0 Å². The molecule has 1 heterocycles. The van der Waals surface area contributed by atoms with Crippen LogP contribution >= 0.6 is 0 Å². The predicted octanol–water partition coefficient (Wildman–Crippen LogP) is 0.153. The molecule has 0 spiro atoms. The lowest BCUT2D eigenvalue weighted by Gasteiger charge is -1.78. The van der Waals surface area contributed by atoms with Crippen molar-refractivity contribution in [1.29, 1.82) is 0 Å². The SMILES string of the molecule is [2H]C1OC(=O)OC1([2H])[2H]. The van der Waals surface area contributed by atoms with E-state index in [9.17, 15) is 4.79 Å². The van der Waals surface area contributed by atoms with E-state index in [1.165, 1.54) is 0 Å². The van der Waals surface area contributed by atoms with Crippen molar-refractivity contribution in [1.82, 2.24) is 0 Å². The number of cyclic esters (lactones) is 2. The quantitative estimate of drug-likeness (QED) is 0.398. The Morgan fingerprint density at radius 2 is 2.67 bits per heavy atom. The smallest absolute Gasteiger partial charge is 0.431 e. The average molecular weight is 91.1 g/mol. The molecule has 0 aromatic carbocycles. The van der Waals surface area contributed by atoms with Gasteiger partial charge in [-0.1, -0.05) is 0 Å². The summed E-state index contributed by atoms with van der Waals surface area (Å²) in [5, 5.41) is 0. The Hall–Kier alpha value is -0.730. The van der Waals surface area contributed by atoms with Gasteiger partial charge in [-0.05, 0) is 0 Å². The van der Waals surface area contributed by atoms with Crippen molar-refractivity contribution in [3.63, 3.8) is 0 Å². The maximum absolute atomic E-state index is 10.1. The minimum Gasteiger partial charge on any atom is -0.431 e. The summed E-state index contributed by atoms with van der Waals surface area (Å²) in [6, 6.07) is 0. The van der Waals surface area contributed by atoms with Gasteiger partial charge in [0.15, 0.2) is 0 Å². The van der Waals surface area contributed by atoms with Gasteiger partial charge < -0.3 is 9.47 Å². The van der Waals surface area contributed by atoms with Crippen LogP contribution in [0, 0.1) is 0 Å². The Morgan fingerprint density at radius 1 is 1.83 bits per heavy atom. The van der Waals surface area contributed by atoms with Gasteiger partial charge in [-0.25, -0.2) is 4.79 Å². The summed E-state index contributed by atoms with van der Waals surface area (Å²) in [4.78, 5) is 10.1. The minimum absolute atomic E-state index is 1.13. The first-order valence-corrected chi connectivity index (χ1v) is 1.34. The maximum Gasteiger partial charge on any atom is 0.508 e. The first kappa shape index (κ1) is 1.40. The summed E-state index contributed by atoms with van der Waals surface area (Å²) < 4.78 is 28.1. The van der Waals surface area contributed by atoms with Crippen molar-refractivity contribution in [2.24, 2.45) is 0 Å². The van der Waals surface area contributed by atoms with Crippen molar-refractivity contribution in [3.8, 4) is 0 Å². The molecule has 0 radical (unpaired) electrons. The van der Waals surface area contributed by atoms with E-state index < -0.39 is 19.3 Å². The number of rotatable bonds is 0. The molecule has 6 heavy (non-hydrogen) atoms. The second-order valence-corrected chi connectivity index (χ2v) is 0.706. The van der Waals surface area contributed by atoms with Crippen LogP contribution in [0.5, 0.6) is 0 Å². The van der Waals surface area contributed by atoms with Gasteiger partial charge in [0.1, 0.15) is 13.1 Å². The monoisotopic (exact) mass is 91.0 g/mol. The van der Waals surface area contributed by atoms with Gasteiger partial charge in [-0.15, -0.1) is 0 Å². The van der Waals surface area contributed by atoms with Gasteiger partial charge in [-0.3, -0.25) is 0 Å². The van der Waals surface area contributed by atoms with Gasteiger partial charge in [0.25, 0.3) is 0 Å². The van der Waals surface area contributed by atoms with E-state index in [1.54, 1.807) is 0 Å². The molecule has 0 aromatic rings. The molecule has 0 saturated carbocycles. The first-order chi connectivity index (χ1) is 4.02. The van der Waals surface area contributed by atoms with Crippen molar-refractivity contribution in [3.05, 3.63) is 0 Å². The summed E-state index contributed by atoms with van der Waals surface area (Å²) in [5.74, 6) is 0. The normalized spacial score (nSPS) is 47.7. The first-order valence-electron chi connectivity index (χ1n) is 2.92. The van der Waals surface area contributed by atoms with Crippen molar-refractivity contribution < 1.29 is 18.4 Å². The molecule has 34 valence electrons. The largest absolute Gasteiger partial charge is 0.508 e. The highest BCUT2D eigenvalue weighted by molar-refractivity contribution is 5.61. The van der Waals surface area contributed by atoms with Crippen molar-refractivity contribution in [2.75, 3.05) is 13.1 Å². The number of carbonyl (C=O) groups excluding carboxylic acids is 1. The summed E-state index contributed by atoms with van der Waals surface area (Å²) in [7, 11) is 0. The Bertz CT molecular complexity index is 145. The van der Waals surface area contributed by atoms with Gasteiger partial charge in [0.2, 0.25) is 0 Å². The second kappa shape index (κ2) is 1.16. The fourth-order valence-electron chi connectivity index (χ4n) is 0.168. The van der Waals surface area contributed by atoms with Gasteiger partial charge >= 0.3 is 6.16 Å².